The highest BCUT2D eigenvalue weighted by molar-refractivity contribution is 6.33. The predicted octanol–water partition coefficient (Wildman–Crippen LogP) is 5.14. The molecule has 1 amide bonds. The number of benzene rings is 1. The van der Waals surface area contributed by atoms with Gasteiger partial charge in [0.25, 0.3) is 0 Å². The van der Waals surface area contributed by atoms with Crippen LogP contribution in [0.4, 0.5) is 0 Å². The molecule has 3 heterocycles. The molecule has 0 saturated carbocycles. The van der Waals surface area contributed by atoms with Gasteiger partial charge in [-0.05, 0) is 37.6 Å². The number of carbonyl (C=O) groups excluding carboxylic acids is 1. The second kappa shape index (κ2) is 9.58. The maximum absolute atomic E-state index is 12.0. The third-order valence-electron chi connectivity index (χ3n) is 5.50. The number of fused-ring (bicyclic) bond motifs is 1. The Bertz CT molecular complexity index is 1320. The molecule has 3 aromatic heterocycles. The normalized spacial score (nSPS) is 11.2. The molecule has 0 aliphatic heterocycles. The van der Waals surface area contributed by atoms with Crippen LogP contribution in [0.5, 0.6) is 5.75 Å². The van der Waals surface area contributed by atoms with Crippen LogP contribution in [0.2, 0.25) is 5.02 Å². The largest absolute Gasteiger partial charge is 0.487 e. The SMILES string of the molecule is Cc1cc(-c2[nH]ncc2Cl)c2cccc(OCc3c(C)ccnc3CNC(=O)C(C)C)c2n1. The summed E-state index contributed by atoms with van der Waals surface area (Å²) in [6.45, 7) is 8.34. The van der Waals surface area contributed by atoms with E-state index in [9.17, 15) is 4.79 Å². The number of aromatic nitrogens is 4. The number of nitrogens with one attached hydrogen (secondary N) is 2. The van der Waals surface area contributed by atoms with Gasteiger partial charge in [-0.15, -0.1) is 0 Å². The smallest absolute Gasteiger partial charge is 0.222 e. The Morgan fingerprint density at radius 1 is 1.24 bits per heavy atom. The zero-order chi connectivity index (χ0) is 23.5. The van der Waals surface area contributed by atoms with E-state index in [1.54, 1.807) is 12.4 Å². The van der Waals surface area contributed by atoms with Gasteiger partial charge in [0.05, 0.1) is 29.2 Å². The molecule has 2 N–H and O–H groups in total. The van der Waals surface area contributed by atoms with Gasteiger partial charge in [-0.25, -0.2) is 4.98 Å². The topological polar surface area (TPSA) is 92.8 Å². The average Bonchev–Trinajstić information content (AvgIpc) is 3.21. The summed E-state index contributed by atoms with van der Waals surface area (Å²) in [6, 6.07) is 9.74. The molecule has 0 radical (unpaired) electrons. The molecule has 170 valence electrons. The van der Waals surface area contributed by atoms with Gasteiger partial charge in [0.15, 0.2) is 0 Å². The molecule has 0 spiro atoms. The van der Waals surface area contributed by atoms with E-state index in [1.807, 2.05) is 58.0 Å². The zero-order valence-corrected chi connectivity index (χ0v) is 19.8. The van der Waals surface area contributed by atoms with Crippen molar-refractivity contribution >= 4 is 28.4 Å². The summed E-state index contributed by atoms with van der Waals surface area (Å²) in [5.41, 5.74) is 6.04. The molecule has 1 aromatic carbocycles. The molecule has 0 aliphatic rings. The van der Waals surface area contributed by atoms with Crippen molar-refractivity contribution in [2.45, 2.75) is 40.8 Å². The lowest BCUT2D eigenvalue weighted by atomic mass is 10.0. The number of amides is 1. The van der Waals surface area contributed by atoms with Crippen molar-refractivity contribution in [2.24, 2.45) is 5.92 Å². The van der Waals surface area contributed by atoms with Gasteiger partial charge in [-0.3, -0.25) is 14.9 Å². The number of carbonyl (C=O) groups is 1. The van der Waals surface area contributed by atoms with Gasteiger partial charge >= 0.3 is 0 Å². The first-order valence-electron chi connectivity index (χ1n) is 10.8. The number of nitrogens with zero attached hydrogens (tertiary/aromatic N) is 3. The standard InChI is InChI=1S/C25H26ClN5O2/c1-14(2)25(32)28-12-21-19(15(3)8-9-27-21)13-33-22-7-5-6-17-18(10-16(4)30-24(17)22)23-20(26)11-29-31-23/h5-11,14H,12-13H2,1-4H3,(H,28,32)(H,29,31). The summed E-state index contributed by atoms with van der Waals surface area (Å²) in [7, 11) is 0. The van der Waals surface area contributed by atoms with Crippen molar-refractivity contribution in [1.29, 1.82) is 0 Å². The molecule has 0 atom stereocenters. The molecule has 7 nitrogen and oxygen atoms in total. The van der Waals surface area contributed by atoms with Crippen molar-refractivity contribution in [3.63, 3.8) is 0 Å². The second-order valence-electron chi connectivity index (χ2n) is 8.27. The second-order valence-corrected chi connectivity index (χ2v) is 8.68. The Morgan fingerprint density at radius 2 is 2.06 bits per heavy atom. The Morgan fingerprint density at radius 3 is 2.79 bits per heavy atom. The highest BCUT2D eigenvalue weighted by Gasteiger charge is 2.16. The fourth-order valence-corrected chi connectivity index (χ4v) is 3.85. The van der Waals surface area contributed by atoms with Crippen LogP contribution >= 0.6 is 11.6 Å². The monoisotopic (exact) mass is 463 g/mol. The highest BCUT2D eigenvalue weighted by atomic mass is 35.5. The van der Waals surface area contributed by atoms with Crippen LogP contribution in [0.3, 0.4) is 0 Å². The van der Waals surface area contributed by atoms with Crippen LogP contribution in [-0.2, 0) is 17.9 Å². The summed E-state index contributed by atoms with van der Waals surface area (Å²) in [5.74, 6) is 0.564. The van der Waals surface area contributed by atoms with E-state index in [0.29, 0.717) is 23.9 Å². The summed E-state index contributed by atoms with van der Waals surface area (Å²) >= 11 is 6.33. The van der Waals surface area contributed by atoms with E-state index in [2.05, 4.69) is 20.5 Å². The van der Waals surface area contributed by atoms with E-state index >= 15 is 0 Å². The Balaban J connectivity index is 1.66. The first kappa shape index (κ1) is 22.7. The molecular weight excluding hydrogens is 438 g/mol. The number of rotatable bonds is 7. The first-order valence-corrected chi connectivity index (χ1v) is 11.2. The maximum atomic E-state index is 12.0. The molecule has 8 heteroatoms. The molecule has 4 rings (SSSR count). The number of hydrogen-bond donors (Lipinski definition) is 2. The number of hydrogen-bond acceptors (Lipinski definition) is 5. The molecular formula is C25H26ClN5O2. The van der Waals surface area contributed by atoms with E-state index in [4.69, 9.17) is 21.3 Å². The third-order valence-corrected chi connectivity index (χ3v) is 5.79. The molecule has 33 heavy (non-hydrogen) atoms. The fraction of sp³-hybridized carbons (Fsp3) is 0.280. The number of pyridine rings is 2. The number of H-pyrrole nitrogens is 1. The number of para-hydroxylation sites is 1. The Hall–Kier alpha value is -3.45. The van der Waals surface area contributed by atoms with E-state index in [-0.39, 0.29) is 11.8 Å². The summed E-state index contributed by atoms with van der Waals surface area (Å²) < 4.78 is 6.26. The van der Waals surface area contributed by atoms with Crippen LogP contribution in [-0.4, -0.2) is 26.1 Å². The quantitative estimate of drug-likeness (QED) is 0.395. The minimum Gasteiger partial charge on any atom is -0.487 e. The van der Waals surface area contributed by atoms with E-state index in [0.717, 1.165) is 44.7 Å². The first-order chi connectivity index (χ1) is 15.8. The van der Waals surface area contributed by atoms with E-state index in [1.165, 1.54) is 0 Å². The van der Waals surface area contributed by atoms with Gasteiger partial charge in [0.1, 0.15) is 17.9 Å². The van der Waals surface area contributed by atoms with Crippen molar-refractivity contribution < 1.29 is 9.53 Å². The van der Waals surface area contributed by atoms with E-state index < -0.39 is 0 Å². The maximum Gasteiger partial charge on any atom is 0.222 e. The lowest BCUT2D eigenvalue weighted by Crippen LogP contribution is -2.28. The number of ether oxygens (including phenoxy) is 1. The van der Waals surface area contributed by atoms with Crippen LogP contribution in [0, 0.1) is 19.8 Å². The summed E-state index contributed by atoms with van der Waals surface area (Å²) in [5, 5.41) is 11.4. The van der Waals surface area contributed by atoms with Gasteiger partial charge in [-0.2, -0.15) is 5.10 Å². The lowest BCUT2D eigenvalue weighted by Gasteiger charge is -2.16. The molecule has 0 bridgehead atoms. The molecule has 0 fully saturated rings. The van der Waals surface area contributed by atoms with Crippen molar-refractivity contribution in [1.82, 2.24) is 25.5 Å². The Labute approximate surface area is 197 Å². The third kappa shape index (κ3) is 4.83. The lowest BCUT2D eigenvalue weighted by molar-refractivity contribution is -0.124. The van der Waals surface area contributed by atoms with Gasteiger partial charge < -0.3 is 10.1 Å². The minimum absolute atomic E-state index is 0.0103. The minimum atomic E-state index is -0.0860. The molecule has 0 aliphatic carbocycles. The summed E-state index contributed by atoms with van der Waals surface area (Å²) in [6.07, 6.45) is 3.34. The molecule has 0 saturated heterocycles. The van der Waals surface area contributed by atoms with Crippen molar-refractivity contribution in [2.75, 3.05) is 0 Å². The van der Waals surface area contributed by atoms with Crippen LogP contribution in [0.25, 0.3) is 22.2 Å². The fourth-order valence-electron chi connectivity index (χ4n) is 3.65. The molecule has 4 aromatic rings. The molecule has 0 unspecified atom stereocenters. The van der Waals surface area contributed by atoms with Crippen molar-refractivity contribution in [3.8, 4) is 17.0 Å². The number of halogens is 1. The van der Waals surface area contributed by atoms with Crippen LogP contribution < -0.4 is 10.1 Å². The zero-order valence-electron chi connectivity index (χ0n) is 19.1. The number of aryl methyl sites for hydroxylation is 2. The highest BCUT2D eigenvalue weighted by Crippen LogP contribution is 2.35. The van der Waals surface area contributed by atoms with Gasteiger partial charge in [0.2, 0.25) is 5.91 Å². The Kier molecular flexibility index (Phi) is 6.60. The van der Waals surface area contributed by atoms with Gasteiger partial charge in [0, 0.05) is 34.3 Å². The summed E-state index contributed by atoms with van der Waals surface area (Å²) in [4.78, 5) is 21.2. The number of aromatic amines is 1. The average molecular weight is 464 g/mol. The van der Waals surface area contributed by atoms with Crippen LogP contribution in [0.1, 0.15) is 36.4 Å². The van der Waals surface area contributed by atoms with Crippen LogP contribution in [0.15, 0.2) is 42.7 Å². The predicted molar refractivity (Wildman–Crippen MR) is 129 cm³/mol. The van der Waals surface area contributed by atoms with Crippen molar-refractivity contribution in [3.05, 3.63) is 70.3 Å². The van der Waals surface area contributed by atoms with Gasteiger partial charge in [-0.1, -0.05) is 37.6 Å².